The second-order valence-corrected chi connectivity index (χ2v) is 7.55. The lowest BCUT2D eigenvalue weighted by molar-refractivity contribution is -0.121. The third-order valence-electron chi connectivity index (χ3n) is 4.62. The monoisotopic (exact) mass is 484 g/mol. The van der Waals surface area contributed by atoms with Crippen LogP contribution in [0.2, 0.25) is 0 Å². The minimum Gasteiger partial charge on any atom is -0.497 e. The molecule has 0 spiro atoms. The molecule has 0 atom stereocenters. The minimum atomic E-state index is -0.373. The molecule has 31 heavy (non-hydrogen) atoms. The largest absolute Gasteiger partial charge is 0.497 e. The Morgan fingerprint density at radius 1 is 1.23 bits per heavy atom. The first-order valence-corrected chi connectivity index (χ1v) is 10.2. The first-order chi connectivity index (χ1) is 15.0. The summed E-state index contributed by atoms with van der Waals surface area (Å²) < 4.78 is 26.0. The SMILES string of the molecule is COc1ccc(CNC(=O)Cn2cccc2-c2nc(-c3ccc(F)c(Br)c3)no2)cc1. The van der Waals surface area contributed by atoms with Gasteiger partial charge in [-0.05, 0) is 64.0 Å². The van der Waals surface area contributed by atoms with Crippen molar-refractivity contribution < 1.29 is 18.4 Å². The second-order valence-electron chi connectivity index (χ2n) is 6.70. The Labute approximate surface area is 186 Å². The van der Waals surface area contributed by atoms with Crippen LogP contribution in [0, 0.1) is 5.82 Å². The van der Waals surface area contributed by atoms with Crippen LogP contribution in [0.25, 0.3) is 23.0 Å². The second kappa shape index (κ2) is 9.13. The van der Waals surface area contributed by atoms with Gasteiger partial charge in [0, 0.05) is 18.3 Å². The molecule has 0 aliphatic carbocycles. The number of hydrogen-bond donors (Lipinski definition) is 1. The lowest BCUT2D eigenvalue weighted by Crippen LogP contribution is -2.27. The average Bonchev–Trinajstić information content (AvgIpc) is 3.44. The number of hydrogen-bond acceptors (Lipinski definition) is 5. The maximum atomic E-state index is 13.5. The molecule has 2 aromatic heterocycles. The van der Waals surface area contributed by atoms with Gasteiger partial charge in [0.2, 0.25) is 11.7 Å². The van der Waals surface area contributed by atoms with E-state index in [1.165, 1.54) is 6.07 Å². The Balaban J connectivity index is 1.43. The molecule has 0 aliphatic rings. The molecule has 0 unspecified atom stereocenters. The Kier molecular flexibility index (Phi) is 6.13. The molecule has 1 amide bonds. The van der Waals surface area contributed by atoms with E-state index in [2.05, 4.69) is 31.4 Å². The molecule has 2 aromatic carbocycles. The molecule has 7 nitrogen and oxygen atoms in total. The van der Waals surface area contributed by atoms with Crippen molar-refractivity contribution in [1.29, 1.82) is 0 Å². The number of aromatic nitrogens is 3. The molecule has 1 N–H and O–H groups in total. The Hall–Kier alpha value is -3.46. The zero-order valence-electron chi connectivity index (χ0n) is 16.5. The summed E-state index contributed by atoms with van der Waals surface area (Å²) in [6.07, 6.45) is 1.76. The zero-order valence-corrected chi connectivity index (χ0v) is 18.1. The van der Waals surface area contributed by atoms with Crippen LogP contribution in [0.5, 0.6) is 5.75 Å². The highest BCUT2D eigenvalue weighted by Gasteiger charge is 2.16. The molecular weight excluding hydrogens is 467 g/mol. The normalized spacial score (nSPS) is 10.8. The molecule has 0 aliphatic heterocycles. The van der Waals surface area contributed by atoms with Gasteiger partial charge in [-0.3, -0.25) is 4.79 Å². The van der Waals surface area contributed by atoms with E-state index in [0.29, 0.717) is 28.1 Å². The van der Waals surface area contributed by atoms with Crippen molar-refractivity contribution in [3.8, 4) is 28.7 Å². The number of carbonyl (C=O) groups is 1. The van der Waals surface area contributed by atoms with Gasteiger partial charge in [-0.1, -0.05) is 17.3 Å². The van der Waals surface area contributed by atoms with Gasteiger partial charge in [-0.25, -0.2) is 4.39 Å². The van der Waals surface area contributed by atoms with Gasteiger partial charge in [0.05, 0.1) is 11.6 Å². The molecule has 158 valence electrons. The number of nitrogens with one attached hydrogen (secondary N) is 1. The zero-order chi connectivity index (χ0) is 21.8. The van der Waals surface area contributed by atoms with Crippen molar-refractivity contribution in [2.45, 2.75) is 13.1 Å². The molecule has 9 heteroatoms. The van der Waals surface area contributed by atoms with E-state index in [0.717, 1.165) is 11.3 Å². The third kappa shape index (κ3) is 4.83. The van der Waals surface area contributed by atoms with Gasteiger partial charge < -0.3 is 19.1 Å². The van der Waals surface area contributed by atoms with E-state index < -0.39 is 0 Å². The number of carbonyl (C=O) groups excluding carboxylic acids is 1. The van der Waals surface area contributed by atoms with Crippen molar-refractivity contribution in [3.63, 3.8) is 0 Å². The molecule has 0 bridgehead atoms. The van der Waals surface area contributed by atoms with Crippen molar-refractivity contribution in [1.82, 2.24) is 20.0 Å². The van der Waals surface area contributed by atoms with Crippen LogP contribution in [-0.4, -0.2) is 27.7 Å². The highest BCUT2D eigenvalue weighted by molar-refractivity contribution is 9.10. The maximum Gasteiger partial charge on any atom is 0.274 e. The van der Waals surface area contributed by atoms with Crippen LogP contribution in [0.1, 0.15) is 5.56 Å². The molecule has 0 saturated carbocycles. The lowest BCUT2D eigenvalue weighted by Gasteiger charge is -2.08. The minimum absolute atomic E-state index is 0.0955. The van der Waals surface area contributed by atoms with E-state index in [-0.39, 0.29) is 24.2 Å². The summed E-state index contributed by atoms with van der Waals surface area (Å²) in [5.74, 6) is 0.826. The number of rotatable bonds is 7. The quantitative estimate of drug-likeness (QED) is 0.419. The molecular formula is C22H18BrFN4O3. The fraction of sp³-hybridized carbons (Fsp3) is 0.136. The fourth-order valence-electron chi connectivity index (χ4n) is 2.98. The van der Waals surface area contributed by atoms with E-state index in [9.17, 15) is 9.18 Å². The summed E-state index contributed by atoms with van der Waals surface area (Å²) in [4.78, 5) is 16.8. The summed E-state index contributed by atoms with van der Waals surface area (Å²) in [6, 6.07) is 15.5. The van der Waals surface area contributed by atoms with Crippen molar-refractivity contribution >= 4 is 21.8 Å². The number of benzene rings is 2. The molecule has 0 fully saturated rings. The topological polar surface area (TPSA) is 82.2 Å². The Bertz CT molecular complexity index is 1200. The lowest BCUT2D eigenvalue weighted by atomic mass is 10.2. The molecule has 0 radical (unpaired) electrons. The van der Waals surface area contributed by atoms with E-state index in [1.807, 2.05) is 24.3 Å². The fourth-order valence-corrected chi connectivity index (χ4v) is 3.36. The van der Waals surface area contributed by atoms with Crippen molar-refractivity contribution in [2.24, 2.45) is 0 Å². The van der Waals surface area contributed by atoms with Crippen molar-refractivity contribution in [3.05, 3.63) is 76.6 Å². The van der Waals surface area contributed by atoms with Crippen molar-refractivity contribution in [2.75, 3.05) is 7.11 Å². The smallest absolute Gasteiger partial charge is 0.274 e. The van der Waals surface area contributed by atoms with Crippen LogP contribution in [0.15, 0.2) is 69.8 Å². The van der Waals surface area contributed by atoms with Crippen LogP contribution in [0.4, 0.5) is 4.39 Å². The predicted molar refractivity (Wildman–Crippen MR) is 116 cm³/mol. The predicted octanol–water partition coefficient (Wildman–Crippen LogP) is 4.43. The summed E-state index contributed by atoms with van der Waals surface area (Å²) in [5.41, 5.74) is 2.19. The van der Waals surface area contributed by atoms with Gasteiger partial charge in [-0.15, -0.1) is 0 Å². The third-order valence-corrected chi connectivity index (χ3v) is 5.22. The van der Waals surface area contributed by atoms with E-state index in [1.54, 1.807) is 42.1 Å². The molecule has 2 heterocycles. The first kappa shape index (κ1) is 20.8. The highest BCUT2D eigenvalue weighted by Crippen LogP contribution is 2.26. The van der Waals surface area contributed by atoms with Gasteiger partial charge in [0.25, 0.3) is 5.89 Å². The van der Waals surface area contributed by atoms with Crippen LogP contribution >= 0.6 is 15.9 Å². The molecule has 0 saturated heterocycles. The number of halogens is 2. The average molecular weight is 485 g/mol. The summed E-state index contributed by atoms with van der Waals surface area (Å²) in [7, 11) is 1.61. The highest BCUT2D eigenvalue weighted by atomic mass is 79.9. The van der Waals surface area contributed by atoms with Crippen LogP contribution < -0.4 is 10.1 Å². The number of nitrogens with zero attached hydrogens (tertiary/aromatic N) is 3. The van der Waals surface area contributed by atoms with E-state index in [4.69, 9.17) is 9.26 Å². The van der Waals surface area contributed by atoms with Gasteiger partial charge in [-0.2, -0.15) is 4.98 Å². The van der Waals surface area contributed by atoms with Crippen LogP contribution in [-0.2, 0) is 17.9 Å². The number of ether oxygens (including phenoxy) is 1. The number of amides is 1. The molecule has 4 aromatic rings. The van der Waals surface area contributed by atoms with Gasteiger partial charge >= 0.3 is 0 Å². The summed E-state index contributed by atoms with van der Waals surface area (Å²) >= 11 is 3.15. The maximum absolute atomic E-state index is 13.5. The summed E-state index contributed by atoms with van der Waals surface area (Å²) in [5, 5.41) is 6.86. The van der Waals surface area contributed by atoms with E-state index >= 15 is 0 Å². The standard InChI is InChI=1S/C22H18BrFN4O3/c1-30-16-7-4-14(5-8-16)12-25-20(29)13-28-10-2-3-19(28)22-26-21(27-31-22)15-6-9-18(24)17(23)11-15/h2-11H,12-13H2,1H3,(H,25,29). The number of methoxy groups -OCH3 is 1. The first-order valence-electron chi connectivity index (χ1n) is 9.38. The Morgan fingerprint density at radius 3 is 2.77 bits per heavy atom. The van der Waals surface area contributed by atoms with Crippen LogP contribution in [0.3, 0.4) is 0 Å². The van der Waals surface area contributed by atoms with Gasteiger partial charge in [0.15, 0.2) is 0 Å². The Morgan fingerprint density at radius 2 is 2.03 bits per heavy atom. The summed E-state index contributed by atoms with van der Waals surface area (Å²) in [6.45, 7) is 0.502. The van der Waals surface area contributed by atoms with Gasteiger partial charge in [0.1, 0.15) is 23.8 Å². The molecule has 4 rings (SSSR count).